The molecule has 0 saturated carbocycles. The molecule has 0 amide bonds. The van der Waals surface area contributed by atoms with Crippen LogP contribution >= 0.6 is 31.9 Å². The molecule has 0 spiro atoms. The van der Waals surface area contributed by atoms with Gasteiger partial charge in [-0.25, -0.2) is 0 Å². The van der Waals surface area contributed by atoms with E-state index >= 15 is 0 Å². The second-order valence-corrected chi connectivity index (χ2v) is 16.1. The first-order valence-corrected chi connectivity index (χ1v) is 21.3. The van der Waals surface area contributed by atoms with Crippen molar-refractivity contribution >= 4 is 65.2 Å². The zero-order chi connectivity index (χ0) is 36.9. The maximum absolute atomic E-state index is 13.9. The molecule has 0 radical (unpaired) electrons. The molecule has 0 aliphatic heterocycles. The molecule has 0 unspecified atom stereocenters. The van der Waals surface area contributed by atoms with Gasteiger partial charge in [0, 0.05) is 48.5 Å². The highest BCUT2D eigenvalue weighted by Gasteiger charge is 2.21. The van der Waals surface area contributed by atoms with E-state index in [1.54, 1.807) is 0 Å². The molecular weight excluding hydrogens is 774 g/mol. The number of fused-ring (bicyclic) bond motifs is 3. The number of nitrogens with zero attached hydrogens (tertiary/aromatic N) is 1. The van der Waals surface area contributed by atoms with E-state index in [4.69, 9.17) is 0 Å². The van der Waals surface area contributed by atoms with Crippen molar-refractivity contribution in [3.8, 4) is 0 Å². The van der Waals surface area contributed by atoms with Gasteiger partial charge >= 0.3 is 0 Å². The Morgan fingerprint density at radius 3 is 1.27 bits per heavy atom. The normalized spacial score (nSPS) is 11.6. The number of halogens is 2. The highest BCUT2D eigenvalue weighted by atomic mass is 79.9. The van der Waals surface area contributed by atoms with E-state index in [1.165, 1.54) is 101 Å². The van der Waals surface area contributed by atoms with Crippen LogP contribution in [0.25, 0.3) is 21.8 Å². The summed E-state index contributed by atoms with van der Waals surface area (Å²) in [7, 11) is 0. The fourth-order valence-electron chi connectivity index (χ4n) is 7.35. The van der Waals surface area contributed by atoms with E-state index in [1.807, 2.05) is 48.5 Å². The number of aliphatic hydroxyl groups is 1. The molecule has 5 rings (SSSR count). The number of hydrogen-bond acceptors (Lipinski definition) is 3. The van der Waals surface area contributed by atoms with Gasteiger partial charge in [-0.05, 0) is 92.9 Å². The number of unbranched alkanes of at least 4 members (excludes halogenated alkanes) is 12. The molecule has 1 N–H and O–H groups in total. The van der Waals surface area contributed by atoms with Crippen molar-refractivity contribution in [2.24, 2.45) is 0 Å². The first-order chi connectivity index (χ1) is 25.4. The number of hydrogen-bond donors (Lipinski definition) is 1. The summed E-state index contributed by atoms with van der Waals surface area (Å²) >= 11 is 7.39. The van der Waals surface area contributed by atoms with Gasteiger partial charge in [-0.1, -0.05) is 139 Å². The van der Waals surface area contributed by atoms with Crippen LogP contribution in [0.3, 0.4) is 0 Å². The molecule has 0 aliphatic rings. The molecule has 5 aromatic rings. The minimum atomic E-state index is -0.0516. The molecule has 0 aliphatic carbocycles. The van der Waals surface area contributed by atoms with E-state index < -0.39 is 0 Å². The number of rotatable bonds is 22. The Kier molecular flexibility index (Phi) is 15.8. The van der Waals surface area contributed by atoms with Crippen LogP contribution in [-0.2, 0) is 19.4 Å². The highest BCUT2D eigenvalue weighted by molar-refractivity contribution is 9.10. The molecule has 276 valence electrons. The number of carbonyl (C=O) groups excluding carboxylic acids is 2. The van der Waals surface area contributed by atoms with Gasteiger partial charge in [-0.3, -0.25) is 9.59 Å². The van der Waals surface area contributed by atoms with Gasteiger partial charge in [0.1, 0.15) is 0 Å². The lowest BCUT2D eigenvalue weighted by molar-refractivity contribution is 0.103. The second-order valence-electron chi connectivity index (χ2n) is 14.4. The van der Waals surface area contributed by atoms with E-state index in [9.17, 15) is 14.7 Å². The lowest BCUT2D eigenvalue weighted by atomic mass is 9.97. The standard InChI is InChI=1S/C46H55Br2NO3/c1-3-5-7-9-11-13-15-17-33-19-23-35(24-20-33)45(51)39-29-37-38-30-40(42(48)32-44(38)49(27-28-50)43(37)31-41(39)47)46(52)36-25-21-34(22-26-36)18-16-14-12-10-8-6-4-2/h19-26,29-32,50H,3-18,27-28H2,1-2H3. The molecule has 4 nitrogen and oxygen atoms in total. The van der Waals surface area contributed by atoms with Crippen LogP contribution in [0.4, 0.5) is 0 Å². The number of benzene rings is 4. The number of carbonyl (C=O) groups is 2. The summed E-state index contributed by atoms with van der Waals surface area (Å²) < 4.78 is 3.46. The summed E-state index contributed by atoms with van der Waals surface area (Å²) in [6, 6.07) is 23.9. The predicted molar refractivity (Wildman–Crippen MR) is 225 cm³/mol. The van der Waals surface area contributed by atoms with Gasteiger partial charge in [-0.2, -0.15) is 0 Å². The summed E-state index contributed by atoms with van der Waals surface area (Å²) in [6.45, 7) is 4.85. The zero-order valence-electron chi connectivity index (χ0n) is 31.1. The van der Waals surface area contributed by atoms with E-state index in [0.29, 0.717) is 37.7 Å². The van der Waals surface area contributed by atoms with E-state index in [0.717, 1.165) is 34.6 Å². The average molecular weight is 830 g/mol. The Morgan fingerprint density at radius 1 is 0.538 bits per heavy atom. The van der Waals surface area contributed by atoms with Gasteiger partial charge in [-0.15, -0.1) is 0 Å². The molecule has 1 aromatic heterocycles. The maximum Gasteiger partial charge on any atom is 0.194 e. The minimum Gasteiger partial charge on any atom is -0.395 e. The first-order valence-electron chi connectivity index (χ1n) is 19.7. The van der Waals surface area contributed by atoms with Crippen LogP contribution in [0.15, 0.2) is 81.7 Å². The van der Waals surface area contributed by atoms with Crippen molar-refractivity contribution in [1.82, 2.24) is 4.57 Å². The molecule has 0 fully saturated rings. The molecule has 0 bridgehead atoms. The van der Waals surface area contributed by atoms with Crippen LogP contribution in [0.5, 0.6) is 0 Å². The largest absolute Gasteiger partial charge is 0.395 e. The second kappa shape index (κ2) is 20.4. The van der Waals surface area contributed by atoms with Crippen LogP contribution in [0, 0.1) is 0 Å². The summed E-state index contributed by atoms with van der Waals surface area (Å²) in [4.78, 5) is 27.8. The summed E-state index contributed by atoms with van der Waals surface area (Å²) in [5.74, 6) is -0.103. The number of aliphatic hydroxyl groups excluding tert-OH is 1. The van der Waals surface area contributed by atoms with Crippen molar-refractivity contribution in [2.45, 2.75) is 123 Å². The van der Waals surface area contributed by atoms with Crippen LogP contribution in [-0.4, -0.2) is 27.8 Å². The first kappa shape index (κ1) is 40.1. The summed E-state index contributed by atoms with van der Waals surface area (Å²) in [6.07, 6.45) is 20.0. The van der Waals surface area contributed by atoms with Crippen LogP contribution < -0.4 is 0 Å². The maximum atomic E-state index is 13.9. The van der Waals surface area contributed by atoms with Crippen LogP contribution in [0.1, 0.15) is 147 Å². The smallest absolute Gasteiger partial charge is 0.194 e. The Bertz CT molecular complexity index is 1790. The Hall–Kier alpha value is -3.06. The van der Waals surface area contributed by atoms with Crippen LogP contribution in [0.2, 0.25) is 0 Å². The fourth-order valence-corrected chi connectivity index (χ4v) is 8.37. The molecule has 0 saturated heterocycles. The van der Waals surface area contributed by atoms with Gasteiger partial charge < -0.3 is 9.67 Å². The topological polar surface area (TPSA) is 59.3 Å². The Labute approximate surface area is 327 Å². The average Bonchev–Trinajstić information content (AvgIpc) is 3.43. The lowest BCUT2D eigenvalue weighted by Gasteiger charge is -2.09. The molecule has 6 heteroatoms. The molecule has 52 heavy (non-hydrogen) atoms. The SMILES string of the molecule is CCCCCCCCCc1ccc(C(=O)c2cc3c4cc(C(=O)c5ccc(CCCCCCCCC)cc5)c(Br)cc4n(CCO)c3cc2Br)cc1. The quantitative estimate of drug-likeness (QED) is 0.0558. The van der Waals surface area contributed by atoms with Gasteiger partial charge in [0.05, 0.1) is 17.6 Å². The third-order valence-electron chi connectivity index (χ3n) is 10.4. The van der Waals surface area contributed by atoms with Gasteiger partial charge in [0.25, 0.3) is 0 Å². The molecule has 1 heterocycles. The number of aromatic nitrogens is 1. The zero-order valence-corrected chi connectivity index (χ0v) is 34.3. The highest BCUT2D eigenvalue weighted by Crippen LogP contribution is 2.37. The third kappa shape index (κ3) is 10.3. The number of ketones is 2. The molecular formula is C46H55Br2NO3. The monoisotopic (exact) mass is 827 g/mol. The minimum absolute atomic E-state index is 0.0358. The van der Waals surface area contributed by atoms with Gasteiger partial charge in [0.15, 0.2) is 11.6 Å². The van der Waals surface area contributed by atoms with E-state index in [2.05, 4.69) is 74.5 Å². The van der Waals surface area contributed by atoms with Crippen molar-refractivity contribution < 1.29 is 14.7 Å². The third-order valence-corrected chi connectivity index (χ3v) is 11.7. The van der Waals surface area contributed by atoms with Crippen molar-refractivity contribution in [2.75, 3.05) is 6.61 Å². The van der Waals surface area contributed by atoms with Gasteiger partial charge in [0.2, 0.25) is 0 Å². The Morgan fingerprint density at radius 2 is 0.904 bits per heavy atom. The number of aryl methyl sites for hydroxylation is 2. The summed E-state index contributed by atoms with van der Waals surface area (Å²) in [5.41, 5.74) is 6.75. The summed E-state index contributed by atoms with van der Waals surface area (Å²) in [5, 5.41) is 11.7. The predicted octanol–water partition coefficient (Wildman–Crippen LogP) is 13.4. The molecule has 0 atom stereocenters. The lowest BCUT2D eigenvalue weighted by Crippen LogP contribution is -2.05. The van der Waals surface area contributed by atoms with Crippen molar-refractivity contribution in [3.05, 3.63) is 115 Å². The molecule has 4 aromatic carbocycles. The fraction of sp³-hybridized carbons (Fsp3) is 0.435. The van der Waals surface area contributed by atoms with E-state index in [-0.39, 0.29) is 18.2 Å². The van der Waals surface area contributed by atoms with Crippen molar-refractivity contribution in [1.29, 1.82) is 0 Å². The Balaban J connectivity index is 1.35. The van der Waals surface area contributed by atoms with Crippen molar-refractivity contribution in [3.63, 3.8) is 0 Å².